The van der Waals surface area contributed by atoms with Crippen molar-refractivity contribution in [2.24, 2.45) is 11.1 Å². The van der Waals surface area contributed by atoms with E-state index in [4.69, 9.17) is 22.1 Å². The first kappa shape index (κ1) is 16.8. The normalized spacial score (nSPS) is 11.2. The highest BCUT2D eigenvalue weighted by Gasteiger charge is 2.20. The molecule has 0 atom stereocenters. The second-order valence-corrected chi connectivity index (χ2v) is 6.05. The van der Waals surface area contributed by atoms with E-state index in [0.29, 0.717) is 36.9 Å². The van der Waals surface area contributed by atoms with E-state index in [1.165, 1.54) is 0 Å². The number of amides is 1. The van der Waals surface area contributed by atoms with Gasteiger partial charge in [-0.3, -0.25) is 4.79 Å². The Hall–Kier alpha value is -1.26. The van der Waals surface area contributed by atoms with E-state index >= 15 is 0 Å². The molecule has 112 valence electrons. The van der Waals surface area contributed by atoms with Gasteiger partial charge >= 0.3 is 0 Å². The minimum atomic E-state index is -0.0754. The number of ether oxygens (including phenoxy) is 1. The molecule has 0 spiro atoms. The van der Waals surface area contributed by atoms with E-state index in [1.54, 1.807) is 24.1 Å². The number of carbonyl (C=O) groups excluding carboxylic acids is 1. The first-order valence-electron chi connectivity index (χ1n) is 6.67. The van der Waals surface area contributed by atoms with Crippen LogP contribution < -0.4 is 10.5 Å². The van der Waals surface area contributed by atoms with Gasteiger partial charge in [0.25, 0.3) is 0 Å². The summed E-state index contributed by atoms with van der Waals surface area (Å²) in [4.78, 5) is 13.7. The van der Waals surface area contributed by atoms with E-state index in [1.807, 2.05) is 26.0 Å². The molecule has 20 heavy (non-hydrogen) atoms. The van der Waals surface area contributed by atoms with Gasteiger partial charge in [0.15, 0.2) is 0 Å². The van der Waals surface area contributed by atoms with Crippen LogP contribution in [0.25, 0.3) is 0 Å². The van der Waals surface area contributed by atoms with Gasteiger partial charge in [-0.1, -0.05) is 37.6 Å². The van der Waals surface area contributed by atoms with Gasteiger partial charge in [0, 0.05) is 13.6 Å². The lowest BCUT2D eigenvalue weighted by Gasteiger charge is -2.29. The molecule has 0 aliphatic rings. The number of nitrogens with two attached hydrogens (primary N) is 1. The molecule has 4 nitrogen and oxygen atoms in total. The zero-order valence-electron chi connectivity index (χ0n) is 12.4. The molecule has 0 fully saturated rings. The summed E-state index contributed by atoms with van der Waals surface area (Å²) in [5.41, 5.74) is 5.59. The third-order valence-electron chi connectivity index (χ3n) is 3.05. The van der Waals surface area contributed by atoms with Gasteiger partial charge < -0.3 is 15.4 Å². The Morgan fingerprint density at radius 1 is 1.40 bits per heavy atom. The van der Waals surface area contributed by atoms with Gasteiger partial charge in [0.1, 0.15) is 5.75 Å². The molecule has 0 aromatic heterocycles. The van der Waals surface area contributed by atoms with Crippen LogP contribution in [0.5, 0.6) is 5.75 Å². The molecule has 1 aromatic rings. The first-order chi connectivity index (χ1) is 9.35. The van der Waals surface area contributed by atoms with Crippen LogP contribution in [-0.2, 0) is 4.79 Å². The summed E-state index contributed by atoms with van der Waals surface area (Å²) in [5, 5.41) is 0.553. The predicted octanol–water partition coefficient (Wildman–Crippen LogP) is 2.55. The summed E-state index contributed by atoms with van der Waals surface area (Å²) in [6, 6.07) is 7.23. The fourth-order valence-corrected chi connectivity index (χ4v) is 1.99. The summed E-state index contributed by atoms with van der Waals surface area (Å²) in [6.45, 7) is 5.57. The SMILES string of the molecule is CN(CC(C)(C)CN)C(=O)CCOc1ccccc1Cl. The van der Waals surface area contributed by atoms with Crippen LogP contribution in [0, 0.1) is 5.41 Å². The number of halogens is 1. The van der Waals surface area contributed by atoms with E-state index in [2.05, 4.69) is 0 Å². The minimum absolute atomic E-state index is 0.0404. The fraction of sp³-hybridized carbons (Fsp3) is 0.533. The lowest BCUT2D eigenvalue weighted by atomic mass is 9.93. The number of benzene rings is 1. The number of para-hydroxylation sites is 1. The molecule has 0 saturated carbocycles. The van der Waals surface area contributed by atoms with E-state index in [0.717, 1.165) is 0 Å². The van der Waals surface area contributed by atoms with Crippen molar-refractivity contribution in [1.82, 2.24) is 4.90 Å². The average Bonchev–Trinajstić information content (AvgIpc) is 2.40. The summed E-state index contributed by atoms with van der Waals surface area (Å²) in [6.07, 6.45) is 0.322. The Morgan fingerprint density at radius 3 is 2.65 bits per heavy atom. The number of carbonyl (C=O) groups is 1. The maximum atomic E-state index is 12.0. The number of nitrogens with zero attached hydrogens (tertiary/aromatic N) is 1. The predicted molar refractivity (Wildman–Crippen MR) is 82.0 cm³/mol. The standard InChI is InChI=1S/C15H23ClN2O2/c1-15(2,10-17)11-18(3)14(19)8-9-20-13-7-5-4-6-12(13)16/h4-7H,8-11,17H2,1-3H3. The number of hydrogen-bond donors (Lipinski definition) is 1. The molecule has 0 radical (unpaired) electrons. The molecule has 0 saturated heterocycles. The van der Waals surface area contributed by atoms with Gasteiger partial charge in [0.05, 0.1) is 18.1 Å². The molecule has 0 aliphatic heterocycles. The highest BCUT2D eigenvalue weighted by atomic mass is 35.5. The molecular formula is C15H23ClN2O2. The molecule has 0 aliphatic carbocycles. The van der Waals surface area contributed by atoms with Crippen molar-refractivity contribution in [2.75, 3.05) is 26.7 Å². The summed E-state index contributed by atoms with van der Waals surface area (Å²) < 4.78 is 5.51. The Kier molecular flexibility index (Phi) is 6.30. The lowest BCUT2D eigenvalue weighted by Crippen LogP contribution is -2.40. The fourth-order valence-electron chi connectivity index (χ4n) is 1.80. The van der Waals surface area contributed by atoms with Crippen LogP contribution in [0.1, 0.15) is 20.3 Å². The summed E-state index contributed by atoms with van der Waals surface area (Å²) >= 11 is 5.97. The van der Waals surface area contributed by atoms with Crippen molar-refractivity contribution in [3.63, 3.8) is 0 Å². The lowest BCUT2D eigenvalue weighted by molar-refractivity contribution is -0.131. The highest BCUT2D eigenvalue weighted by Crippen LogP contribution is 2.23. The molecular weight excluding hydrogens is 276 g/mol. The van der Waals surface area contributed by atoms with Crippen molar-refractivity contribution in [2.45, 2.75) is 20.3 Å². The van der Waals surface area contributed by atoms with Crippen molar-refractivity contribution >= 4 is 17.5 Å². The van der Waals surface area contributed by atoms with E-state index in [-0.39, 0.29) is 11.3 Å². The van der Waals surface area contributed by atoms with Crippen LogP contribution in [0.4, 0.5) is 0 Å². The molecule has 1 rings (SSSR count). The zero-order valence-corrected chi connectivity index (χ0v) is 13.1. The Morgan fingerprint density at radius 2 is 2.05 bits per heavy atom. The van der Waals surface area contributed by atoms with Crippen LogP contribution in [0.3, 0.4) is 0 Å². The van der Waals surface area contributed by atoms with Crippen molar-refractivity contribution in [3.8, 4) is 5.75 Å². The van der Waals surface area contributed by atoms with E-state index in [9.17, 15) is 4.79 Å². The Labute approximate surface area is 125 Å². The molecule has 1 amide bonds. The second kappa shape index (κ2) is 7.50. The van der Waals surface area contributed by atoms with Gasteiger partial charge in [-0.25, -0.2) is 0 Å². The third-order valence-corrected chi connectivity index (χ3v) is 3.37. The van der Waals surface area contributed by atoms with Crippen LogP contribution in [-0.4, -0.2) is 37.6 Å². The van der Waals surface area contributed by atoms with Crippen LogP contribution in [0.15, 0.2) is 24.3 Å². The maximum Gasteiger partial charge on any atom is 0.225 e. The Balaban J connectivity index is 2.38. The average molecular weight is 299 g/mol. The Bertz CT molecular complexity index is 449. The highest BCUT2D eigenvalue weighted by molar-refractivity contribution is 6.32. The van der Waals surface area contributed by atoms with Gasteiger partial charge in [-0.15, -0.1) is 0 Å². The monoisotopic (exact) mass is 298 g/mol. The molecule has 0 bridgehead atoms. The molecule has 1 aromatic carbocycles. The summed E-state index contributed by atoms with van der Waals surface area (Å²) in [7, 11) is 1.79. The van der Waals surface area contributed by atoms with Crippen LogP contribution >= 0.6 is 11.6 Å². The second-order valence-electron chi connectivity index (χ2n) is 5.65. The third kappa shape index (κ3) is 5.39. The molecule has 0 unspecified atom stereocenters. The van der Waals surface area contributed by atoms with Gasteiger partial charge in [-0.05, 0) is 24.1 Å². The van der Waals surface area contributed by atoms with E-state index < -0.39 is 0 Å². The summed E-state index contributed by atoms with van der Waals surface area (Å²) in [5.74, 6) is 0.644. The van der Waals surface area contributed by atoms with Crippen LogP contribution in [0.2, 0.25) is 5.02 Å². The zero-order chi connectivity index (χ0) is 15.2. The van der Waals surface area contributed by atoms with Gasteiger partial charge in [0.2, 0.25) is 5.91 Å². The van der Waals surface area contributed by atoms with Crippen molar-refractivity contribution in [1.29, 1.82) is 0 Å². The number of hydrogen-bond acceptors (Lipinski definition) is 3. The largest absolute Gasteiger partial charge is 0.491 e. The van der Waals surface area contributed by atoms with Crippen molar-refractivity contribution < 1.29 is 9.53 Å². The molecule has 2 N–H and O–H groups in total. The minimum Gasteiger partial charge on any atom is -0.491 e. The maximum absolute atomic E-state index is 12.0. The molecule has 5 heteroatoms. The quantitative estimate of drug-likeness (QED) is 0.841. The topological polar surface area (TPSA) is 55.6 Å². The van der Waals surface area contributed by atoms with Crippen molar-refractivity contribution in [3.05, 3.63) is 29.3 Å². The first-order valence-corrected chi connectivity index (χ1v) is 7.05. The number of rotatable bonds is 7. The smallest absolute Gasteiger partial charge is 0.225 e. The molecule has 0 heterocycles. The van der Waals surface area contributed by atoms with Gasteiger partial charge in [-0.2, -0.15) is 0 Å².